The lowest BCUT2D eigenvalue weighted by atomic mass is 10.0. The number of nitrogens with zero attached hydrogens (tertiary/aromatic N) is 3. The van der Waals surface area contributed by atoms with E-state index < -0.39 is 12.1 Å². The van der Waals surface area contributed by atoms with E-state index in [-0.39, 0.29) is 11.7 Å². The van der Waals surface area contributed by atoms with Crippen LogP contribution in [0.15, 0.2) is 24.3 Å². The number of carbonyl (C=O) groups is 2. The first-order valence-corrected chi connectivity index (χ1v) is 9.24. The SMILES string of the molecule is COC(=O)N1CCCCC1C(=O)N1CCCN(c2ccc(F)cc2)CC1. The summed E-state index contributed by atoms with van der Waals surface area (Å²) in [4.78, 5) is 30.6. The number of hydrogen-bond acceptors (Lipinski definition) is 4. The van der Waals surface area contributed by atoms with Gasteiger partial charge in [-0.25, -0.2) is 9.18 Å². The lowest BCUT2D eigenvalue weighted by Crippen LogP contribution is -2.53. The molecule has 1 aromatic carbocycles. The summed E-state index contributed by atoms with van der Waals surface area (Å²) in [6.07, 6.45) is 2.95. The van der Waals surface area contributed by atoms with E-state index >= 15 is 0 Å². The first kappa shape index (κ1) is 18.5. The molecule has 6 nitrogen and oxygen atoms in total. The van der Waals surface area contributed by atoms with Gasteiger partial charge < -0.3 is 14.5 Å². The molecule has 2 saturated heterocycles. The molecule has 0 bridgehead atoms. The third-order valence-electron chi connectivity index (χ3n) is 5.20. The lowest BCUT2D eigenvalue weighted by molar-refractivity contribution is -0.137. The fraction of sp³-hybridized carbons (Fsp3) is 0.579. The van der Waals surface area contributed by atoms with Crippen molar-refractivity contribution in [1.82, 2.24) is 9.80 Å². The van der Waals surface area contributed by atoms with Crippen molar-refractivity contribution in [1.29, 1.82) is 0 Å². The van der Waals surface area contributed by atoms with E-state index in [2.05, 4.69) is 4.90 Å². The summed E-state index contributed by atoms with van der Waals surface area (Å²) in [5.41, 5.74) is 0.967. The Morgan fingerprint density at radius 3 is 2.50 bits per heavy atom. The number of ether oxygens (including phenoxy) is 1. The number of hydrogen-bond donors (Lipinski definition) is 0. The Morgan fingerprint density at radius 1 is 1.00 bits per heavy atom. The van der Waals surface area contributed by atoms with Gasteiger partial charge in [0.2, 0.25) is 5.91 Å². The van der Waals surface area contributed by atoms with Crippen LogP contribution in [0.3, 0.4) is 0 Å². The molecule has 26 heavy (non-hydrogen) atoms. The maximum atomic E-state index is 13.1. The molecule has 1 atom stereocenters. The van der Waals surface area contributed by atoms with Crippen LogP contribution in [0.1, 0.15) is 25.7 Å². The minimum atomic E-state index is -0.425. The summed E-state index contributed by atoms with van der Waals surface area (Å²) >= 11 is 0. The Hall–Kier alpha value is -2.31. The molecule has 0 aromatic heterocycles. The fourth-order valence-corrected chi connectivity index (χ4v) is 3.78. The molecule has 1 unspecified atom stereocenters. The van der Waals surface area contributed by atoms with Crippen molar-refractivity contribution in [2.24, 2.45) is 0 Å². The van der Waals surface area contributed by atoms with Crippen molar-refractivity contribution in [3.63, 3.8) is 0 Å². The van der Waals surface area contributed by atoms with Gasteiger partial charge in [0.1, 0.15) is 11.9 Å². The smallest absolute Gasteiger partial charge is 0.410 e. The number of benzene rings is 1. The maximum absolute atomic E-state index is 13.1. The fourth-order valence-electron chi connectivity index (χ4n) is 3.78. The van der Waals surface area contributed by atoms with Gasteiger partial charge in [0.05, 0.1) is 7.11 Å². The summed E-state index contributed by atoms with van der Waals surface area (Å²) in [5, 5.41) is 0. The van der Waals surface area contributed by atoms with Crippen molar-refractivity contribution in [3.8, 4) is 0 Å². The summed E-state index contributed by atoms with van der Waals surface area (Å²) in [6.45, 7) is 3.35. The number of carbonyl (C=O) groups excluding carboxylic acids is 2. The van der Waals surface area contributed by atoms with E-state index in [1.165, 1.54) is 19.2 Å². The number of rotatable bonds is 2. The zero-order chi connectivity index (χ0) is 18.5. The molecular weight excluding hydrogens is 337 g/mol. The van der Waals surface area contributed by atoms with E-state index in [9.17, 15) is 14.0 Å². The highest BCUT2D eigenvalue weighted by molar-refractivity contribution is 5.86. The van der Waals surface area contributed by atoms with Crippen LogP contribution in [0.25, 0.3) is 0 Å². The van der Waals surface area contributed by atoms with E-state index in [0.717, 1.165) is 31.5 Å². The molecule has 7 heteroatoms. The highest BCUT2D eigenvalue weighted by Gasteiger charge is 2.35. The maximum Gasteiger partial charge on any atom is 0.410 e. The number of likely N-dealkylation sites (tertiary alicyclic amines) is 1. The predicted molar refractivity (Wildman–Crippen MR) is 96.6 cm³/mol. The second-order valence-corrected chi connectivity index (χ2v) is 6.82. The van der Waals surface area contributed by atoms with Crippen molar-refractivity contribution in [2.45, 2.75) is 31.7 Å². The standard InChI is InChI=1S/C19H26FN3O3/c1-26-19(25)23-12-3-2-5-17(23)18(24)22-11-4-10-21(13-14-22)16-8-6-15(20)7-9-16/h6-9,17H,2-5,10-14H2,1H3. The van der Waals surface area contributed by atoms with Crippen LogP contribution < -0.4 is 4.90 Å². The third kappa shape index (κ3) is 4.08. The normalized spacial score (nSPS) is 21.3. The van der Waals surface area contributed by atoms with Gasteiger partial charge >= 0.3 is 6.09 Å². The molecule has 2 amide bonds. The number of anilines is 1. The number of amides is 2. The van der Waals surface area contributed by atoms with E-state index in [1.54, 1.807) is 17.0 Å². The van der Waals surface area contributed by atoms with Crippen LogP contribution in [-0.4, -0.2) is 67.7 Å². The predicted octanol–water partition coefficient (Wildman–Crippen LogP) is 2.49. The highest BCUT2D eigenvalue weighted by atomic mass is 19.1. The average Bonchev–Trinajstić information content (AvgIpc) is 2.93. The van der Waals surface area contributed by atoms with Gasteiger partial charge in [0.15, 0.2) is 0 Å². The van der Waals surface area contributed by atoms with Gasteiger partial charge in [-0.2, -0.15) is 0 Å². The first-order valence-electron chi connectivity index (χ1n) is 9.24. The molecule has 1 aromatic rings. The Labute approximate surface area is 153 Å². The second kappa shape index (κ2) is 8.38. The Morgan fingerprint density at radius 2 is 1.77 bits per heavy atom. The summed E-state index contributed by atoms with van der Waals surface area (Å²) in [5.74, 6) is -0.239. The molecule has 3 rings (SSSR count). The van der Waals surface area contributed by atoms with Crippen LogP contribution in [0.2, 0.25) is 0 Å². The van der Waals surface area contributed by atoms with Gasteiger partial charge in [-0.05, 0) is 49.9 Å². The number of halogens is 1. The van der Waals surface area contributed by atoms with E-state index in [1.807, 2.05) is 4.90 Å². The minimum absolute atomic E-state index is 0.0102. The zero-order valence-electron chi connectivity index (χ0n) is 15.2. The number of piperidine rings is 1. The summed E-state index contributed by atoms with van der Waals surface area (Å²) in [6, 6.07) is 6.03. The molecule has 2 aliphatic heterocycles. The quantitative estimate of drug-likeness (QED) is 0.810. The van der Waals surface area contributed by atoms with Gasteiger partial charge in [-0.3, -0.25) is 9.69 Å². The molecule has 142 valence electrons. The largest absolute Gasteiger partial charge is 0.453 e. The Bertz CT molecular complexity index is 637. The van der Waals surface area contributed by atoms with Gasteiger partial charge in [0, 0.05) is 38.4 Å². The summed E-state index contributed by atoms with van der Waals surface area (Å²) < 4.78 is 18.0. The zero-order valence-corrected chi connectivity index (χ0v) is 15.2. The monoisotopic (exact) mass is 363 g/mol. The molecule has 0 aliphatic carbocycles. The first-order chi connectivity index (χ1) is 12.6. The van der Waals surface area contributed by atoms with E-state index in [0.29, 0.717) is 32.6 Å². The third-order valence-corrected chi connectivity index (χ3v) is 5.20. The van der Waals surface area contributed by atoms with Crippen molar-refractivity contribution in [2.75, 3.05) is 44.7 Å². The van der Waals surface area contributed by atoms with Crippen LogP contribution >= 0.6 is 0 Å². The number of methoxy groups -OCH3 is 1. The van der Waals surface area contributed by atoms with Crippen molar-refractivity contribution >= 4 is 17.7 Å². The van der Waals surface area contributed by atoms with Crippen LogP contribution in [-0.2, 0) is 9.53 Å². The molecule has 2 fully saturated rings. The van der Waals surface area contributed by atoms with E-state index in [4.69, 9.17) is 4.74 Å². The van der Waals surface area contributed by atoms with Crippen LogP contribution in [0, 0.1) is 5.82 Å². The van der Waals surface area contributed by atoms with Gasteiger partial charge in [-0.1, -0.05) is 0 Å². The lowest BCUT2D eigenvalue weighted by Gasteiger charge is -2.36. The molecule has 0 radical (unpaired) electrons. The van der Waals surface area contributed by atoms with Crippen molar-refractivity contribution in [3.05, 3.63) is 30.1 Å². The molecule has 2 heterocycles. The van der Waals surface area contributed by atoms with Gasteiger partial charge in [-0.15, -0.1) is 0 Å². The molecular formula is C19H26FN3O3. The Balaban J connectivity index is 1.65. The highest BCUT2D eigenvalue weighted by Crippen LogP contribution is 2.22. The van der Waals surface area contributed by atoms with Crippen molar-refractivity contribution < 1.29 is 18.7 Å². The average molecular weight is 363 g/mol. The van der Waals surface area contributed by atoms with Crippen LogP contribution in [0.5, 0.6) is 0 Å². The van der Waals surface area contributed by atoms with Crippen LogP contribution in [0.4, 0.5) is 14.9 Å². The second-order valence-electron chi connectivity index (χ2n) is 6.82. The minimum Gasteiger partial charge on any atom is -0.453 e. The van der Waals surface area contributed by atoms with Gasteiger partial charge in [0.25, 0.3) is 0 Å². The molecule has 0 spiro atoms. The molecule has 0 N–H and O–H groups in total. The molecule has 0 saturated carbocycles. The molecule has 2 aliphatic rings. The topological polar surface area (TPSA) is 53.1 Å². The Kier molecular flexibility index (Phi) is 5.96. The summed E-state index contributed by atoms with van der Waals surface area (Å²) in [7, 11) is 1.35.